The van der Waals surface area contributed by atoms with E-state index in [0.29, 0.717) is 58.9 Å². The van der Waals surface area contributed by atoms with Crippen LogP contribution in [0, 0.1) is 0 Å². The molecule has 16 nitrogen and oxygen atoms in total. The fraction of sp³-hybridized carbons (Fsp3) is 0.364. The Morgan fingerprint density at radius 2 is 1.68 bits per heavy atom. The molecule has 1 amide bonds. The van der Waals surface area contributed by atoms with Crippen molar-refractivity contribution in [2.24, 2.45) is 4.99 Å². The first-order valence-electron chi connectivity index (χ1n) is 20.5. The lowest BCUT2D eigenvalue weighted by Crippen LogP contribution is -2.38. The van der Waals surface area contributed by atoms with Gasteiger partial charge < -0.3 is 40.1 Å². The monoisotopic (exact) mass is 1020 g/mol. The topological polar surface area (TPSA) is 246 Å². The van der Waals surface area contributed by atoms with Crippen molar-refractivity contribution < 1.29 is 56.8 Å². The van der Waals surface area contributed by atoms with Gasteiger partial charge in [-0.2, -0.15) is 8.42 Å². The van der Waals surface area contributed by atoms with Crippen LogP contribution in [0.25, 0.3) is 11.1 Å². The number of halogens is 3. The number of unbranched alkanes of at least 4 members (excludes halogenated alkanes) is 2. The molecule has 66 heavy (non-hydrogen) atoms. The number of fused-ring (bicyclic) bond motifs is 4. The van der Waals surface area contributed by atoms with Crippen LogP contribution in [0.3, 0.4) is 0 Å². The summed E-state index contributed by atoms with van der Waals surface area (Å²) in [5.41, 5.74) is -0.182. The zero-order valence-corrected chi connectivity index (χ0v) is 41.0. The van der Waals surface area contributed by atoms with E-state index in [1.807, 2.05) is 47.6 Å². The number of allylic oxidation sites excluding steroid dienone is 1. The summed E-state index contributed by atoms with van der Waals surface area (Å²) < 4.78 is 56.5. The summed E-state index contributed by atoms with van der Waals surface area (Å²) in [5, 5.41) is 35.8. The van der Waals surface area contributed by atoms with Crippen molar-refractivity contribution in [1.82, 2.24) is 10.0 Å². The van der Waals surface area contributed by atoms with Crippen LogP contribution in [0.4, 0.5) is 5.69 Å². The third kappa shape index (κ3) is 9.45. The van der Waals surface area contributed by atoms with Gasteiger partial charge >= 0.3 is 11.9 Å². The number of hydrogen-bond donors (Lipinski definition) is 7. The lowest BCUT2D eigenvalue weighted by Gasteiger charge is -2.39. The standard InChI is InChI=1S/C44H45Cl3N4O12S3/c1-19-16-43(3,4)49-35-21(19)14-23-29(24-15-22-20(2)17-44(5,6)50-36(22)41(66(59,60)61)38(24)62-37(23)40(35)65-58)30-31(42(56)57)32(45)34(47)39(33(30)46)64-18-25(52)48-13-9-7-8-10-28(55)63-51-26(53)11-12-27(51)54/h11-12,14-16,20,50,53-54,58H,7-10,13,17-18H2,1-6H3,(H,48,52)(H,56,57)(H,59,60,61). The Morgan fingerprint density at radius 3 is 2.32 bits per heavy atom. The van der Waals surface area contributed by atoms with Crippen molar-refractivity contribution in [3.05, 3.63) is 83.8 Å². The number of ether oxygens (including phenoxy) is 1. The predicted octanol–water partition coefficient (Wildman–Crippen LogP) is 8.66. The van der Waals surface area contributed by atoms with Crippen molar-refractivity contribution in [1.29, 1.82) is 0 Å². The molecule has 0 radical (unpaired) electrons. The summed E-state index contributed by atoms with van der Waals surface area (Å²) in [5.74, 6) is -4.59. The minimum absolute atomic E-state index is 0.0203. The quantitative estimate of drug-likeness (QED) is 0.0181. The van der Waals surface area contributed by atoms with E-state index in [9.17, 15) is 47.2 Å². The predicted molar refractivity (Wildman–Crippen MR) is 252 cm³/mol. The van der Waals surface area contributed by atoms with Gasteiger partial charge in [-0.15, -0.1) is 16.5 Å². The van der Waals surface area contributed by atoms with Gasteiger partial charge in [0.2, 0.25) is 17.7 Å². The number of carboxylic acid groups (broad SMARTS) is 1. The molecule has 1 atom stereocenters. The highest BCUT2D eigenvalue weighted by molar-refractivity contribution is 8.00. The highest BCUT2D eigenvalue weighted by Crippen LogP contribution is 2.54. The van der Waals surface area contributed by atoms with Gasteiger partial charge in [-0.25, -0.2) is 9.59 Å². The molecule has 7 N–H and O–H groups in total. The maximum Gasteiger partial charge on any atom is 0.337 e. The molecular weight excluding hydrogens is 979 g/mol. The van der Waals surface area contributed by atoms with Gasteiger partial charge in [0.1, 0.15) is 4.90 Å². The summed E-state index contributed by atoms with van der Waals surface area (Å²) in [7, 11) is -5.13. The first kappa shape index (κ1) is 49.3. The molecule has 0 saturated heterocycles. The number of aromatic carboxylic acids is 1. The van der Waals surface area contributed by atoms with Gasteiger partial charge in [0.25, 0.3) is 10.1 Å². The average Bonchev–Trinajstić information content (AvgIpc) is 3.52. The molecule has 352 valence electrons. The molecule has 0 spiro atoms. The van der Waals surface area contributed by atoms with Gasteiger partial charge in [-0.1, -0.05) is 54.2 Å². The van der Waals surface area contributed by atoms with E-state index in [0.717, 1.165) is 29.5 Å². The van der Waals surface area contributed by atoms with Crippen molar-refractivity contribution in [2.45, 2.75) is 105 Å². The summed E-state index contributed by atoms with van der Waals surface area (Å²) in [6.07, 6.45) is 3.82. The minimum Gasteiger partial charge on any atom is -0.492 e. The molecule has 4 aromatic rings. The number of anilines is 1. The van der Waals surface area contributed by atoms with E-state index < -0.39 is 66.3 Å². The Hall–Kier alpha value is -4.60. The third-order valence-corrected chi connectivity index (χ3v) is 15.3. The van der Waals surface area contributed by atoms with Crippen LogP contribution in [0.5, 0.6) is 23.3 Å². The normalized spacial score (nSPS) is 16.6. The molecule has 0 fully saturated rings. The Labute approximate surface area is 402 Å². The molecule has 0 saturated carbocycles. The van der Waals surface area contributed by atoms with Gasteiger partial charge in [0, 0.05) is 75.1 Å². The number of nitrogens with zero attached hydrogens (tertiary/aromatic N) is 2. The van der Waals surface area contributed by atoms with Crippen molar-refractivity contribution >= 4 is 103 Å². The number of thioether (sulfide) groups is 1. The molecule has 0 bridgehead atoms. The Bertz CT molecular complexity index is 3010. The molecule has 0 aliphatic carbocycles. The Balaban J connectivity index is 1.32. The van der Waals surface area contributed by atoms with E-state index in [-0.39, 0.29) is 83.6 Å². The summed E-state index contributed by atoms with van der Waals surface area (Å²) >= 11 is 22.1. The second-order valence-electron chi connectivity index (χ2n) is 17.4. The largest absolute Gasteiger partial charge is 0.492 e. The molecule has 3 aliphatic rings. The fourth-order valence-corrected chi connectivity index (χ4v) is 12.0. The molecule has 7 rings (SSSR count). The first-order valence-corrected chi connectivity index (χ1v) is 24.8. The molecule has 3 aromatic carbocycles. The van der Waals surface area contributed by atoms with Crippen LogP contribution in [0.1, 0.15) is 112 Å². The number of carbonyl (C=O) groups excluding carboxylic acids is 2. The van der Waals surface area contributed by atoms with Gasteiger partial charge in [-0.3, -0.25) is 14.3 Å². The van der Waals surface area contributed by atoms with Crippen LogP contribution >= 0.6 is 58.6 Å². The van der Waals surface area contributed by atoms with Crippen LogP contribution in [-0.2, 0) is 19.7 Å². The summed E-state index contributed by atoms with van der Waals surface area (Å²) in [4.78, 5) is 48.1. The zero-order valence-electron chi connectivity index (χ0n) is 36.3. The average molecular weight is 1020 g/mol. The number of aromatic nitrogens is 1. The minimum atomic E-state index is -5.13. The van der Waals surface area contributed by atoms with Crippen LogP contribution in [0.15, 0.2) is 50.0 Å². The maximum atomic E-state index is 13.6. The number of nitrogens with one attached hydrogen (secondary N) is 2. The van der Waals surface area contributed by atoms with Crippen LogP contribution in [-0.4, -0.2) is 78.8 Å². The molecule has 4 heterocycles. The third-order valence-electron chi connectivity index (χ3n) is 11.2. The second kappa shape index (κ2) is 18.5. The van der Waals surface area contributed by atoms with E-state index in [4.69, 9.17) is 49.4 Å². The lowest BCUT2D eigenvalue weighted by atomic mass is 9.79. The Kier molecular flexibility index (Phi) is 13.8. The smallest absolute Gasteiger partial charge is 0.337 e. The van der Waals surface area contributed by atoms with E-state index in [1.54, 1.807) is 12.1 Å². The number of aromatic hydroxyl groups is 2. The van der Waals surface area contributed by atoms with Gasteiger partial charge in [0.15, 0.2) is 16.4 Å². The molecule has 1 aromatic heterocycles. The van der Waals surface area contributed by atoms with Gasteiger partial charge in [0.05, 0.1) is 43.0 Å². The van der Waals surface area contributed by atoms with E-state index >= 15 is 0 Å². The van der Waals surface area contributed by atoms with Crippen molar-refractivity contribution in [2.75, 3.05) is 17.6 Å². The van der Waals surface area contributed by atoms with Crippen LogP contribution in [0.2, 0.25) is 15.1 Å². The molecular formula is C44H45Cl3N4O12S3. The second-order valence-corrected chi connectivity index (χ2v) is 21.4. The SMILES string of the molecule is CC1=CC(C)(C)N=c2c1cc1c(c2SO)Oc2c(cc3c(c2S(=O)(=O)O)NC(C)(C)CC3C)C=1c1c(Cl)c(SCC(=O)NCCCCCC(=O)On2c(O)ccc2O)c(Cl)c(Cl)c1C(=O)O. The maximum absolute atomic E-state index is 13.6. The summed E-state index contributed by atoms with van der Waals surface area (Å²) in [6, 6.07) is 5.68. The molecule has 3 aliphatic heterocycles. The highest BCUT2D eigenvalue weighted by Gasteiger charge is 2.42. The number of rotatable bonds is 14. The van der Waals surface area contributed by atoms with E-state index in [2.05, 4.69) is 10.6 Å². The molecule has 1 unspecified atom stereocenters. The van der Waals surface area contributed by atoms with Gasteiger partial charge in [-0.05, 0) is 83.1 Å². The fourth-order valence-electron chi connectivity index (χ4n) is 8.67. The first-order chi connectivity index (χ1) is 30.9. The summed E-state index contributed by atoms with van der Waals surface area (Å²) in [6.45, 7) is 11.4. The number of carbonyl (C=O) groups is 3. The zero-order chi connectivity index (χ0) is 48.4. The number of carboxylic acids is 1. The molecule has 22 heteroatoms. The lowest BCUT2D eigenvalue weighted by molar-refractivity contribution is -0.145. The van der Waals surface area contributed by atoms with Crippen molar-refractivity contribution in [3.8, 4) is 23.3 Å². The number of amides is 1. The number of hydrogen-bond acceptors (Lipinski definition) is 14. The highest BCUT2D eigenvalue weighted by atomic mass is 35.5. The Morgan fingerprint density at radius 1 is 1.00 bits per heavy atom. The van der Waals surface area contributed by atoms with E-state index in [1.165, 1.54) is 0 Å². The van der Waals surface area contributed by atoms with Crippen LogP contribution < -0.4 is 30.8 Å². The number of benzene rings is 3. The van der Waals surface area contributed by atoms with Crippen molar-refractivity contribution in [3.63, 3.8) is 0 Å².